The van der Waals surface area contributed by atoms with Crippen molar-refractivity contribution in [2.45, 2.75) is 31.3 Å². The molecular weight excluding hydrogens is 424 g/mol. The normalized spacial score (nSPS) is 17.1. The summed E-state index contributed by atoms with van der Waals surface area (Å²) >= 11 is 0. The molecule has 1 unspecified atom stereocenters. The van der Waals surface area contributed by atoms with Crippen molar-refractivity contribution in [2.75, 3.05) is 18.5 Å². The summed E-state index contributed by atoms with van der Waals surface area (Å²) in [4.78, 5) is 4.42. The summed E-state index contributed by atoms with van der Waals surface area (Å²) in [6.45, 7) is 4.46. The molecule has 0 fully saturated rings. The summed E-state index contributed by atoms with van der Waals surface area (Å²) in [7, 11) is -3.54. The Kier molecular flexibility index (Phi) is 6.53. The summed E-state index contributed by atoms with van der Waals surface area (Å²) in [5.74, 6) is 1.25. The number of nitrogens with one attached hydrogen (secondary N) is 1. The zero-order chi connectivity index (χ0) is 22.6. The standard InChI is InChI=1S/C24H26N4O3S/c1-3-28(4-2)32(29,30)19-14-15-24(25-17-19)27-26-21-16-23(18-10-6-5-7-11-18)31-22-13-9-8-12-20(21)22/h5-15,17,23H,3-4,16H2,1-2H3,(H,25,27)/b26-21-. The largest absolute Gasteiger partial charge is 0.485 e. The van der Waals surface area contributed by atoms with Crippen LogP contribution in [0.2, 0.25) is 0 Å². The molecule has 0 amide bonds. The van der Waals surface area contributed by atoms with E-state index in [2.05, 4.69) is 15.5 Å². The number of fused-ring (bicyclic) bond motifs is 1. The molecule has 1 N–H and O–H groups in total. The highest BCUT2D eigenvalue weighted by molar-refractivity contribution is 7.89. The number of hydrogen-bond donors (Lipinski definition) is 1. The lowest BCUT2D eigenvalue weighted by Crippen LogP contribution is -2.30. The van der Waals surface area contributed by atoms with Crippen LogP contribution < -0.4 is 10.2 Å². The molecule has 0 radical (unpaired) electrons. The Labute approximate surface area is 188 Å². The molecule has 166 valence electrons. The van der Waals surface area contributed by atoms with Crippen molar-refractivity contribution in [3.8, 4) is 5.75 Å². The van der Waals surface area contributed by atoms with Gasteiger partial charge in [0.05, 0.1) is 5.71 Å². The van der Waals surface area contributed by atoms with Gasteiger partial charge in [0, 0.05) is 31.3 Å². The zero-order valence-corrected chi connectivity index (χ0v) is 18.9. The van der Waals surface area contributed by atoms with Gasteiger partial charge in [-0.1, -0.05) is 56.3 Å². The van der Waals surface area contributed by atoms with Crippen LogP contribution in [0.15, 0.2) is 82.9 Å². The van der Waals surface area contributed by atoms with Gasteiger partial charge in [-0.3, -0.25) is 5.43 Å². The molecule has 2 heterocycles. The monoisotopic (exact) mass is 450 g/mol. The molecule has 0 saturated heterocycles. The molecule has 1 atom stereocenters. The highest BCUT2D eigenvalue weighted by atomic mass is 32.2. The SMILES string of the molecule is CCN(CC)S(=O)(=O)c1ccc(N/N=C2/CC(c3ccccc3)Oc3ccccc32)nc1. The minimum atomic E-state index is -3.54. The van der Waals surface area contributed by atoms with Crippen LogP contribution in [0, 0.1) is 0 Å². The second kappa shape index (κ2) is 9.50. The fraction of sp³-hybridized carbons (Fsp3) is 0.250. The first-order valence-corrected chi connectivity index (χ1v) is 12.1. The third kappa shape index (κ3) is 4.51. The fourth-order valence-electron chi connectivity index (χ4n) is 3.68. The lowest BCUT2D eigenvalue weighted by Gasteiger charge is -2.27. The zero-order valence-electron chi connectivity index (χ0n) is 18.1. The Balaban J connectivity index is 1.57. The van der Waals surface area contributed by atoms with Crippen LogP contribution in [-0.2, 0) is 10.0 Å². The highest BCUT2D eigenvalue weighted by Gasteiger charge is 2.26. The lowest BCUT2D eigenvalue weighted by molar-refractivity contribution is 0.206. The third-order valence-electron chi connectivity index (χ3n) is 5.40. The Bertz CT molecular complexity index is 1190. The Morgan fingerprint density at radius 1 is 1.03 bits per heavy atom. The van der Waals surface area contributed by atoms with Crippen molar-refractivity contribution in [1.29, 1.82) is 0 Å². The van der Waals surface area contributed by atoms with Gasteiger partial charge >= 0.3 is 0 Å². The number of nitrogens with zero attached hydrogens (tertiary/aromatic N) is 3. The van der Waals surface area contributed by atoms with Crippen molar-refractivity contribution < 1.29 is 13.2 Å². The molecule has 3 aromatic rings. The highest BCUT2D eigenvalue weighted by Crippen LogP contribution is 2.35. The number of para-hydroxylation sites is 1. The molecule has 32 heavy (non-hydrogen) atoms. The molecule has 7 nitrogen and oxygen atoms in total. The van der Waals surface area contributed by atoms with E-state index in [4.69, 9.17) is 4.74 Å². The molecule has 4 rings (SSSR count). The Hall–Kier alpha value is -3.23. The molecule has 8 heteroatoms. The van der Waals surface area contributed by atoms with Gasteiger partial charge in [-0.25, -0.2) is 13.4 Å². The summed E-state index contributed by atoms with van der Waals surface area (Å²) in [6.07, 6.45) is 1.82. The van der Waals surface area contributed by atoms with Crippen molar-refractivity contribution in [3.05, 3.63) is 84.1 Å². The summed E-state index contributed by atoms with van der Waals surface area (Å²) in [5, 5.41) is 4.59. The second-order valence-electron chi connectivity index (χ2n) is 7.36. The van der Waals surface area contributed by atoms with E-state index in [0.29, 0.717) is 25.3 Å². The van der Waals surface area contributed by atoms with E-state index >= 15 is 0 Å². The van der Waals surface area contributed by atoms with Crippen molar-refractivity contribution in [2.24, 2.45) is 5.10 Å². The van der Waals surface area contributed by atoms with Crippen LogP contribution in [0.5, 0.6) is 5.75 Å². The maximum atomic E-state index is 12.6. The van der Waals surface area contributed by atoms with Gasteiger partial charge in [0.1, 0.15) is 22.6 Å². The number of pyridine rings is 1. The molecule has 1 aliphatic rings. The van der Waals surface area contributed by atoms with Crippen LogP contribution in [0.4, 0.5) is 5.82 Å². The average Bonchev–Trinajstić information content (AvgIpc) is 2.84. The van der Waals surface area contributed by atoms with E-state index in [1.54, 1.807) is 12.1 Å². The van der Waals surface area contributed by atoms with E-state index in [9.17, 15) is 8.42 Å². The van der Waals surface area contributed by atoms with Gasteiger partial charge in [-0.15, -0.1) is 0 Å². The number of sulfonamides is 1. The van der Waals surface area contributed by atoms with E-state index < -0.39 is 10.0 Å². The number of hydrazone groups is 1. The number of aromatic nitrogens is 1. The summed E-state index contributed by atoms with van der Waals surface area (Å²) in [5.41, 5.74) is 5.83. The number of hydrogen-bond acceptors (Lipinski definition) is 6. The Morgan fingerprint density at radius 3 is 2.44 bits per heavy atom. The minimum Gasteiger partial charge on any atom is -0.485 e. The molecule has 1 aliphatic heterocycles. The van der Waals surface area contributed by atoms with Crippen LogP contribution in [0.3, 0.4) is 0 Å². The quantitative estimate of drug-likeness (QED) is 0.538. The van der Waals surface area contributed by atoms with E-state index in [1.807, 2.05) is 68.4 Å². The maximum Gasteiger partial charge on any atom is 0.244 e. The van der Waals surface area contributed by atoms with E-state index in [0.717, 1.165) is 22.6 Å². The number of anilines is 1. The molecule has 0 aliphatic carbocycles. The number of rotatable bonds is 7. The van der Waals surface area contributed by atoms with E-state index in [1.165, 1.54) is 10.5 Å². The molecular formula is C24H26N4O3S. The molecule has 0 spiro atoms. The average molecular weight is 451 g/mol. The van der Waals surface area contributed by atoms with E-state index in [-0.39, 0.29) is 11.0 Å². The summed E-state index contributed by atoms with van der Waals surface area (Å²) in [6, 6.07) is 21.0. The van der Waals surface area contributed by atoms with Crippen LogP contribution in [0.1, 0.15) is 37.5 Å². The first-order valence-electron chi connectivity index (χ1n) is 10.6. The lowest BCUT2D eigenvalue weighted by atomic mass is 9.96. The third-order valence-corrected chi connectivity index (χ3v) is 7.44. The topological polar surface area (TPSA) is 83.9 Å². The van der Waals surface area contributed by atoms with Gasteiger partial charge in [0.25, 0.3) is 0 Å². The number of benzene rings is 2. The fourth-order valence-corrected chi connectivity index (χ4v) is 5.09. The minimum absolute atomic E-state index is 0.138. The van der Waals surface area contributed by atoms with Gasteiger partial charge in [0.15, 0.2) is 0 Å². The second-order valence-corrected chi connectivity index (χ2v) is 9.29. The molecule has 1 aromatic heterocycles. The van der Waals surface area contributed by atoms with Gasteiger partial charge in [-0.05, 0) is 29.8 Å². The van der Waals surface area contributed by atoms with Crippen LogP contribution >= 0.6 is 0 Å². The van der Waals surface area contributed by atoms with Crippen molar-refractivity contribution >= 4 is 21.6 Å². The van der Waals surface area contributed by atoms with Gasteiger partial charge < -0.3 is 4.74 Å². The van der Waals surface area contributed by atoms with Crippen LogP contribution in [0.25, 0.3) is 0 Å². The first kappa shape index (κ1) is 22.0. The predicted octanol–water partition coefficient (Wildman–Crippen LogP) is 4.45. The van der Waals surface area contributed by atoms with Crippen LogP contribution in [-0.4, -0.2) is 36.5 Å². The van der Waals surface area contributed by atoms with Gasteiger partial charge in [-0.2, -0.15) is 9.41 Å². The molecule has 0 bridgehead atoms. The molecule has 2 aromatic carbocycles. The maximum absolute atomic E-state index is 12.6. The van der Waals surface area contributed by atoms with Crippen molar-refractivity contribution in [3.63, 3.8) is 0 Å². The Morgan fingerprint density at radius 2 is 1.75 bits per heavy atom. The summed E-state index contributed by atoms with van der Waals surface area (Å²) < 4.78 is 32.9. The van der Waals surface area contributed by atoms with Gasteiger partial charge in [0.2, 0.25) is 10.0 Å². The smallest absolute Gasteiger partial charge is 0.244 e. The first-order chi connectivity index (χ1) is 15.5. The molecule has 0 saturated carbocycles. The predicted molar refractivity (Wildman–Crippen MR) is 125 cm³/mol. The number of ether oxygens (including phenoxy) is 1. The van der Waals surface area contributed by atoms with Crippen molar-refractivity contribution in [1.82, 2.24) is 9.29 Å².